The van der Waals surface area contributed by atoms with Gasteiger partial charge >= 0.3 is 0 Å². The molecule has 0 saturated heterocycles. The monoisotopic (exact) mass is 227 g/mol. The largest absolute Gasteiger partial charge is 0.370 e. The predicted molar refractivity (Wildman–Crippen MR) is 70.2 cm³/mol. The van der Waals surface area contributed by atoms with Gasteiger partial charge in [-0.25, -0.2) is 0 Å². The van der Waals surface area contributed by atoms with E-state index < -0.39 is 0 Å². The molecule has 3 rings (SSSR count). The van der Waals surface area contributed by atoms with Crippen molar-refractivity contribution in [3.63, 3.8) is 0 Å². The number of benzene rings is 1. The summed E-state index contributed by atoms with van der Waals surface area (Å²) in [5.41, 5.74) is 5.00. The molecule has 3 heteroatoms. The molecule has 0 unspecified atom stereocenters. The highest BCUT2D eigenvalue weighted by Crippen LogP contribution is 2.31. The highest BCUT2D eigenvalue weighted by Gasteiger charge is 2.19. The van der Waals surface area contributed by atoms with Crippen molar-refractivity contribution in [2.75, 3.05) is 11.9 Å². The topological polar surface area (TPSA) is 29.9 Å². The quantitative estimate of drug-likeness (QED) is 0.811. The molecule has 0 aliphatic carbocycles. The number of anilines is 1. The van der Waals surface area contributed by atoms with Crippen molar-refractivity contribution in [1.82, 2.24) is 9.78 Å². The first-order valence-electron chi connectivity index (χ1n) is 6.12. The lowest BCUT2D eigenvalue weighted by atomic mass is 10.0. The van der Waals surface area contributed by atoms with Crippen LogP contribution in [0.1, 0.15) is 17.5 Å². The van der Waals surface area contributed by atoms with Gasteiger partial charge in [-0.15, -0.1) is 0 Å². The Bertz CT molecular complexity index is 537. The summed E-state index contributed by atoms with van der Waals surface area (Å²) in [6.45, 7) is 3.17. The molecule has 0 fully saturated rings. The Morgan fingerprint density at radius 2 is 2.00 bits per heavy atom. The minimum absolute atomic E-state index is 1.06. The zero-order valence-electron chi connectivity index (χ0n) is 10.3. The van der Waals surface area contributed by atoms with Crippen molar-refractivity contribution < 1.29 is 0 Å². The number of nitrogens with zero attached hydrogens (tertiary/aromatic N) is 2. The van der Waals surface area contributed by atoms with E-state index in [1.54, 1.807) is 0 Å². The van der Waals surface area contributed by atoms with Crippen molar-refractivity contribution in [1.29, 1.82) is 0 Å². The number of nitrogens with one attached hydrogen (secondary N) is 1. The Hall–Kier alpha value is -1.77. The number of hydrogen-bond donors (Lipinski definition) is 1. The van der Waals surface area contributed by atoms with E-state index in [2.05, 4.69) is 41.6 Å². The Morgan fingerprint density at radius 3 is 2.76 bits per heavy atom. The molecule has 2 heterocycles. The van der Waals surface area contributed by atoms with Crippen molar-refractivity contribution in [3.8, 4) is 11.3 Å². The summed E-state index contributed by atoms with van der Waals surface area (Å²) in [6.07, 6.45) is 2.32. The van der Waals surface area contributed by atoms with E-state index in [9.17, 15) is 0 Å². The van der Waals surface area contributed by atoms with Crippen molar-refractivity contribution in [2.24, 2.45) is 7.05 Å². The zero-order chi connectivity index (χ0) is 11.8. The zero-order valence-corrected chi connectivity index (χ0v) is 10.3. The van der Waals surface area contributed by atoms with Gasteiger partial charge in [0.2, 0.25) is 0 Å². The Kier molecular flexibility index (Phi) is 2.39. The maximum Gasteiger partial charge on any atom is 0.127 e. The third-order valence-corrected chi connectivity index (χ3v) is 3.37. The van der Waals surface area contributed by atoms with E-state index >= 15 is 0 Å². The third-order valence-electron chi connectivity index (χ3n) is 3.37. The van der Waals surface area contributed by atoms with Crippen LogP contribution >= 0.6 is 0 Å². The van der Waals surface area contributed by atoms with Crippen LogP contribution in [0.2, 0.25) is 0 Å². The van der Waals surface area contributed by atoms with E-state index in [0.29, 0.717) is 0 Å². The first-order valence-corrected chi connectivity index (χ1v) is 6.12. The number of rotatable bonds is 1. The molecule has 0 amide bonds. The van der Waals surface area contributed by atoms with Gasteiger partial charge in [0.05, 0.1) is 5.69 Å². The number of aromatic nitrogens is 2. The molecule has 2 aromatic rings. The second kappa shape index (κ2) is 3.91. The summed E-state index contributed by atoms with van der Waals surface area (Å²) in [5.74, 6) is 1.19. The molecule has 1 aliphatic rings. The summed E-state index contributed by atoms with van der Waals surface area (Å²) in [5, 5.41) is 8.08. The van der Waals surface area contributed by atoms with Gasteiger partial charge in [0.15, 0.2) is 0 Å². The van der Waals surface area contributed by atoms with Gasteiger partial charge in [-0.05, 0) is 19.8 Å². The lowest BCUT2D eigenvalue weighted by Crippen LogP contribution is -2.13. The number of aryl methyl sites for hydroxylation is 2. The van der Waals surface area contributed by atoms with Gasteiger partial charge in [-0.1, -0.05) is 29.8 Å². The predicted octanol–water partition coefficient (Wildman–Crippen LogP) is 2.75. The third kappa shape index (κ3) is 1.71. The first-order chi connectivity index (χ1) is 8.25. The molecule has 0 atom stereocenters. The average Bonchev–Trinajstić information content (AvgIpc) is 2.69. The fraction of sp³-hybridized carbons (Fsp3) is 0.357. The number of fused-ring (bicyclic) bond motifs is 1. The molecule has 1 aromatic heterocycles. The van der Waals surface area contributed by atoms with E-state index in [0.717, 1.165) is 18.7 Å². The average molecular weight is 227 g/mol. The standard InChI is InChI=1S/C14H17N3/c1-10-5-7-11(8-6-10)13-12-4-3-9-15-14(12)17(2)16-13/h5-8,15H,3-4,9H2,1-2H3. The molecule has 1 aliphatic heterocycles. The van der Waals surface area contributed by atoms with Crippen molar-refractivity contribution >= 4 is 5.82 Å². The normalized spacial score (nSPS) is 14.2. The molecular weight excluding hydrogens is 210 g/mol. The lowest BCUT2D eigenvalue weighted by Gasteiger charge is -2.15. The molecule has 0 bridgehead atoms. The molecule has 17 heavy (non-hydrogen) atoms. The van der Waals surface area contributed by atoms with Crippen LogP contribution < -0.4 is 5.32 Å². The van der Waals surface area contributed by atoms with Crippen LogP contribution in [0, 0.1) is 6.92 Å². The van der Waals surface area contributed by atoms with Crippen molar-refractivity contribution in [3.05, 3.63) is 35.4 Å². The van der Waals surface area contributed by atoms with Gasteiger partial charge in [0.25, 0.3) is 0 Å². The van der Waals surface area contributed by atoms with Gasteiger partial charge in [-0.3, -0.25) is 4.68 Å². The van der Waals surface area contributed by atoms with E-state index in [-0.39, 0.29) is 0 Å². The number of hydrogen-bond acceptors (Lipinski definition) is 2. The minimum Gasteiger partial charge on any atom is -0.370 e. The van der Waals surface area contributed by atoms with E-state index in [1.807, 2.05) is 11.7 Å². The van der Waals surface area contributed by atoms with Gasteiger partial charge < -0.3 is 5.32 Å². The highest BCUT2D eigenvalue weighted by atomic mass is 15.3. The molecule has 0 spiro atoms. The fourth-order valence-electron chi connectivity index (χ4n) is 2.44. The summed E-state index contributed by atoms with van der Waals surface area (Å²) in [4.78, 5) is 0. The molecule has 1 N–H and O–H groups in total. The maximum absolute atomic E-state index is 4.65. The van der Waals surface area contributed by atoms with Crippen LogP contribution in [-0.4, -0.2) is 16.3 Å². The molecule has 1 aromatic carbocycles. The maximum atomic E-state index is 4.65. The van der Waals surface area contributed by atoms with E-state index in [1.165, 1.54) is 28.9 Å². The Morgan fingerprint density at radius 1 is 1.24 bits per heavy atom. The summed E-state index contributed by atoms with van der Waals surface area (Å²) in [7, 11) is 2.01. The van der Waals surface area contributed by atoms with Crippen LogP contribution in [-0.2, 0) is 13.5 Å². The van der Waals surface area contributed by atoms with Crippen LogP contribution in [0.3, 0.4) is 0 Å². The lowest BCUT2D eigenvalue weighted by molar-refractivity contribution is 0.750. The molecule has 3 nitrogen and oxygen atoms in total. The van der Waals surface area contributed by atoms with Crippen LogP contribution in [0.4, 0.5) is 5.82 Å². The second-order valence-corrected chi connectivity index (χ2v) is 4.70. The minimum atomic E-state index is 1.06. The Labute approximate surface area is 101 Å². The van der Waals surface area contributed by atoms with Crippen LogP contribution in [0.15, 0.2) is 24.3 Å². The first kappa shape index (κ1) is 10.4. The molecule has 0 saturated carbocycles. The molecular formula is C14H17N3. The van der Waals surface area contributed by atoms with E-state index in [4.69, 9.17) is 0 Å². The Balaban J connectivity index is 2.11. The van der Waals surface area contributed by atoms with Gasteiger partial charge in [0.1, 0.15) is 5.82 Å². The van der Waals surface area contributed by atoms with Crippen molar-refractivity contribution in [2.45, 2.75) is 19.8 Å². The molecule has 0 radical (unpaired) electrons. The summed E-state index contributed by atoms with van der Waals surface area (Å²) >= 11 is 0. The SMILES string of the molecule is Cc1ccc(-c2nn(C)c3c2CCCN3)cc1. The highest BCUT2D eigenvalue weighted by molar-refractivity contribution is 5.70. The summed E-state index contributed by atoms with van der Waals surface area (Å²) in [6, 6.07) is 8.61. The second-order valence-electron chi connectivity index (χ2n) is 4.70. The molecule has 88 valence electrons. The fourth-order valence-corrected chi connectivity index (χ4v) is 2.44. The van der Waals surface area contributed by atoms with Crippen LogP contribution in [0.5, 0.6) is 0 Å². The van der Waals surface area contributed by atoms with Crippen LogP contribution in [0.25, 0.3) is 11.3 Å². The smallest absolute Gasteiger partial charge is 0.127 e. The van der Waals surface area contributed by atoms with Gasteiger partial charge in [0, 0.05) is 24.7 Å². The van der Waals surface area contributed by atoms with Gasteiger partial charge in [-0.2, -0.15) is 5.10 Å². The summed E-state index contributed by atoms with van der Waals surface area (Å²) < 4.78 is 1.96.